The summed E-state index contributed by atoms with van der Waals surface area (Å²) < 4.78 is 5.44. The fourth-order valence-electron chi connectivity index (χ4n) is 1.34. The lowest BCUT2D eigenvalue weighted by molar-refractivity contribution is -0.131. The Bertz CT molecular complexity index is 269. The summed E-state index contributed by atoms with van der Waals surface area (Å²) in [6.07, 6.45) is 7.95. The van der Waals surface area contributed by atoms with Gasteiger partial charge >= 0.3 is 0 Å². The number of terminal acetylenes is 1. The Kier molecular flexibility index (Phi) is 5.30. The van der Waals surface area contributed by atoms with Crippen LogP contribution in [0.15, 0.2) is 0 Å². The van der Waals surface area contributed by atoms with E-state index in [1.165, 1.54) is 12.8 Å². The van der Waals surface area contributed by atoms with Crippen LogP contribution in [0.5, 0.6) is 0 Å². The van der Waals surface area contributed by atoms with Gasteiger partial charge in [-0.2, -0.15) is 0 Å². The highest BCUT2D eigenvalue weighted by atomic mass is 16.5. The Morgan fingerprint density at radius 1 is 1.69 bits per heavy atom. The van der Waals surface area contributed by atoms with Crippen molar-refractivity contribution >= 4 is 5.91 Å². The van der Waals surface area contributed by atoms with Crippen molar-refractivity contribution < 1.29 is 9.53 Å². The predicted molar refractivity (Wildman–Crippen MR) is 62.6 cm³/mol. The second-order valence-electron chi connectivity index (χ2n) is 4.29. The van der Waals surface area contributed by atoms with E-state index in [1.807, 2.05) is 0 Å². The molecule has 0 aliphatic heterocycles. The van der Waals surface area contributed by atoms with Crippen LogP contribution in [0.3, 0.4) is 0 Å². The first-order valence-corrected chi connectivity index (χ1v) is 5.67. The quantitative estimate of drug-likeness (QED) is 0.497. The van der Waals surface area contributed by atoms with Crippen molar-refractivity contribution in [2.75, 3.05) is 26.8 Å². The highest BCUT2D eigenvalue weighted by Gasteiger charge is 2.21. The highest BCUT2D eigenvalue weighted by molar-refractivity contribution is 5.81. The Hall–Kier alpha value is -1.05. The molecule has 1 atom stereocenters. The van der Waals surface area contributed by atoms with Crippen molar-refractivity contribution in [1.29, 1.82) is 0 Å². The zero-order valence-corrected chi connectivity index (χ0v) is 9.82. The molecule has 0 aromatic rings. The molecule has 1 rings (SSSR count). The van der Waals surface area contributed by atoms with Crippen LogP contribution in [0.4, 0.5) is 0 Å². The van der Waals surface area contributed by atoms with Gasteiger partial charge in [-0.25, -0.2) is 0 Å². The zero-order chi connectivity index (χ0) is 12.0. The van der Waals surface area contributed by atoms with Crippen LogP contribution in [0.2, 0.25) is 0 Å². The lowest BCUT2D eigenvalue weighted by atomic mass is 10.2. The summed E-state index contributed by atoms with van der Waals surface area (Å²) in [5.41, 5.74) is 5.62. The summed E-state index contributed by atoms with van der Waals surface area (Å²) in [5, 5.41) is 0. The topological polar surface area (TPSA) is 55.6 Å². The molecule has 0 spiro atoms. The lowest BCUT2D eigenvalue weighted by Gasteiger charge is -2.20. The molecule has 0 bridgehead atoms. The first-order valence-electron chi connectivity index (χ1n) is 5.67. The molecular weight excluding hydrogens is 204 g/mol. The molecule has 4 heteroatoms. The van der Waals surface area contributed by atoms with Crippen molar-refractivity contribution in [3.63, 3.8) is 0 Å². The first-order chi connectivity index (χ1) is 7.65. The number of amides is 1. The van der Waals surface area contributed by atoms with Crippen molar-refractivity contribution in [2.24, 2.45) is 11.7 Å². The molecule has 0 aromatic heterocycles. The molecule has 90 valence electrons. The molecule has 0 heterocycles. The summed E-state index contributed by atoms with van der Waals surface area (Å²) in [7, 11) is 1.72. The van der Waals surface area contributed by atoms with Crippen molar-refractivity contribution in [2.45, 2.75) is 25.3 Å². The van der Waals surface area contributed by atoms with Crippen LogP contribution >= 0.6 is 0 Å². The molecular formula is C12H20N2O2. The molecule has 1 aliphatic rings. The molecule has 1 unspecified atom stereocenters. The van der Waals surface area contributed by atoms with E-state index in [4.69, 9.17) is 16.9 Å². The number of carbonyl (C=O) groups is 1. The number of likely N-dealkylation sites (N-methyl/N-ethyl adjacent to an activating group) is 1. The minimum absolute atomic E-state index is 0.118. The first kappa shape index (κ1) is 13.0. The fourth-order valence-corrected chi connectivity index (χ4v) is 1.34. The van der Waals surface area contributed by atoms with Crippen LogP contribution in [-0.2, 0) is 9.53 Å². The Morgan fingerprint density at radius 2 is 2.38 bits per heavy atom. The predicted octanol–water partition coefficient (Wildman–Crippen LogP) is 0.222. The van der Waals surface area contributed by atoms with Gasteiger partial charge in [-0.1, -0.05) is 0 Å². The third kappa shape index (κ3) is 4.65. The molecule has 1 amide bonds. The van der Waals surface area contributed by atoms with Crippen LogP contribution in [0.25, 0.3) is 0 Å². The van der Waals surface area contributed by atoms with Crippen LogP contribution in [0.1, 0.15) is 19.3 Å². The second-order valence-corrected chi connectivity index (χ2v) is 4.29. The maximum atomic E-state index is 11.6. The molecule has 1 saturated carbocycles. The fraction of sp³-hybridized carbons (Fsp3) is 0.750. The molecule has 1 aliphatic carbocycles. The van der Waals surface area contributed by atoms with E-state index < -0.39 is 6.04 Å². The number of rotatable bonds is 7. The smallest absolute Gasteiger partial charge is 0.240 e. The number of nitrogens with two attached hydrogens (primary N) is 1. The zero-order valence-electron chi connectivity index (χ0n) is 9.82. The molecule has 1 fully saturated rings. The van der Waals surface area contributed by atoms with Gasteiger partial charge in [0.05, 0.1) is 12.6 Å². The third-order valence-corrected chi connectivity index (χ3v) is 2.65. The minimum atomic E-state index is -0.585. The summed E-state index contributed by atoms with van der Waals surface area (Å²) in [6.45, 7) is 1.96. The van der Waals surface area contributed by atoms with Gasteiger partial charge in [-0.15, -0.1) is 12.3 Å². The minimum Gasteiger partial charge on any atom is -0.379 e. The average molecular weight is 224 g/mol. The Labute approximate surface area is 97.1 Å². The molecule has 4 nitrogen and oxygen atoms in total. The van der Waals surface area contributed by atoms with Crippen LogP contribution in [0, 0.1) is 18.3 Å². The molecule has 0 aromatic carbocycles. The van der Waals surface area contributed by atoms with Crippen LogP contribution in [-0.4, -0.2) is 43.7 Å². The largest absolute Gasteiger partial charge is 0.379 e. The van der Waals surface area contributed by atoms with Gasteiger partial charge in [0, 0.05) is 26.6 Å². The maximum Gasteiger partial charge on any atom is 0.240 e. The van der Waals surface area contributed by atoms with E-state index in [9.17, 15) is 4.79 Å². The summed E-state index contributed by atoms with van der Waals surface area (Å²) >= 11 is 0. The standard InChI is InChI=1S/C12H20N2O2/c1-3-4-11(13)12(15)14(2)7-8-16-9-10-5-6-10/h1,10-11H,4-9,13H2,2H3. The van der Waals surface area contributed by atoms with Crippen molar-refractivity contribution in [3.8, 4) is 12.3 Å². The van der Waals surface area contributed by atoms with Crippen molar-refractivity contribution in [1.82, 2.24) is 4.90 Å². The van der Waals surface area contributed by atoms with E-state index in [0.717, 1.165) is 12.5 Å². The van der Waals surface area contributed by atoms with E-state index in [-0.39, 0.29) is 12.3 Å². The van der Waals surface area contributed by atoms with Gasteiger partial charge in [0.15, 0.2) is 0 Å². The molecule has 16 heavy (non-hydrogen) atoms. The molecule has 0 saturated heterocycles. The van der Waals surface area contributed by atoms with E-state index in [0.29, 0.717) is 13.2 Å². The third-order valence-electron chi connectivity index (χ3n) is 2.65. The molecule has 2 N–H and O–H groups in total. The van der Waals surface area contributed by atoms with Gasteiger partial charge in [-0.05, 0) is 18.8 Å². The molecule has 0 radical (unpaired) electrons. The number of nitrogens with zero attached hydrogens (tertiary/aromatic N) is 1. The van der Waals surface area contributed by atoms with E-state index in [2.05, 4.69) is 5.92 Å². The summed E-state index contributed by atoms with van der Waals surface area (Å²) in [5.74, 6) is 3.03. The van der Waals surface area contributed by atoms with Gasteiger partial charge in [0.25, 0.3) is 0 Å². The monoisotopic (exact) mass is 224 g/mol. The second kappa shape index (κ2) is 6.51. The van der Waals surface area contributed by atoms with E-state index >= 15 is 0 Å². The van der Waals surface area contributed by atoms with Crippen molar-refractivity contribution in [3.05, 3.63) is 0 Å². The number of carbonyl (C=O) groups excluding carboxylic acids is 1. The van der Waals surface area contributed by atoms with E-state index in [1.54, 1.807) is 11.9 Å². The van der Waals surface area contributed by atoms with Gasteiger partial charge in [0.2, 0.25) is 5.91 Å². The highest BCUT2D eigenvalue weighted by Crippen LogP contribution is 2.28. The SMILES string of the molecule is C#CCC(N)C(=O)N(C)CCOCC1CC1. The van der Waals surface area contributed by atoms with Crippen LogP contribution < -0.4 is 5.73 Å². The number of ether oxygens (including phenoxy) is 1. The maximum absolute atomic E-state index is 11.6. The lowest BCUT2D eigenvalue weighted by Crippen LogP contribution is -2.42. The summed E-state index contributed by atoms with van der Waals surface area (Å²) in [6, 6.07) is -0.585. The Balaban J connectivity index is 2.09. The normalized spacial score (nSPS) is 16.6. The Morgan fingerprint density at radius 3 is 2.94 bits per heavy atom. The van der Waals surface area contributed by atoms with Gasteiger partial charge in [0.1, 0.15) is 0 Å². The average Bonchev–Trinajstić information content (AvgIpc) is 3.07. The van der Waals surface area contributed by atoms with Gasteiger partial charge in [-0.3, -0.25) is 4.79 Å². The van der Waals surface area contributed by atoms with Gasteiger partial charge < -0.3 is 15.4 Å². The summed E-state index contributed by atoms with van der Waals surface area (Å²) in [4.78, 5) is 13.2. The number of hydrogen-bond donors (Lipinski definition) is 1. The number of hydrogen-bond acceptors (Lipinski definition) is 3.